The third kappa shape index (κ3) is 5.90. The van der Waals surface area contributed by atoms with Gasteiger partial charge < -0.3 is 9.47 Å². The minimum Gasteiger partial charge on any atom is -0.480 e. The molecule has 3 nitrogen and oxygen atoms in total. The van der Waals surface area contributed by atoms with Crippen LogP contribution in [0.4, 0.5) is 0 Å². The molecule has 5 heteroatoms. The first-order valence-electron chi connectivity index (χ1n) is 12.6. The molecule has 0 spiro atoms. The van der Waals surface area contributed by atoms with Crippen LogP contribution in [-0.2, 0) is 15.6 Å². The van der Waals surface area contributed by atoms with Gasteiger partial charge in [-0.2, -0.15) is 0 Å². The highest BCUT2D eigenvalue weighted by atomic mass is 35.5. The Labute approximate surface area is 235 Å². The highest BCUT2D eigenvalue weighted by Crippen LogP contribution is 2.39. The molecule has 2 unspecified atom stereocenters. The smallest absolute Gasteiger partial charge is 0.215 e. The van der Waals surface area contributed by atoms with E-state index in [-0.39, 0.29) is 5.78 Å². The van der Waals surface area contributed by atoms with Crippen LogP contribution >= 0.6 is 23.2 Å². The second kappa shape index (κ2) is 11.6. The highest BCUT2D eigenvalue weighted by molar-refractivity contribution is 6.32. The number of halogens is 2. The van der Waals surface area contributed by atoms with Gasteiger partial charge in [0.05, 0.1) is 10.0 Å². The van der Waals surface area contributed by atoms with Crippen LogP contribution in [0.3, 0.4) is 0 Å². The van der Waals surface area contributed by atoms with E-state index in [2.05, 4.69) is 0 Å². The van der Waals surface area contributed by atoms with Gasteiger partial charge in [0.2, 0.25) is 5.78 Å². The molecule has 2 atom stereocenters. The Morgan fingerprint density at radius 3 is 1.21 bits per heavy atom. The summed E-state index contributed by atoms with van der Waals surface area (Å²) in [4.78, 5) is 14.8. The lowest BCUT2D eigenvalue weighted by Crippen LogP contribution is -2.55. The van der Waals surface area contributed by atoms with Gasteiger partial charge in [-0.3, -0.25) is 4.79 Å². The molecule has 0 saturated carbocycles. The van der Waals surface area contributed by atoms with E-state index in [1.165, 1.54) is 0 Å². The molecule has 0 bridgehead atoms. The van der Waals surface area contributed by atoms with Gasteiger partial charge in [-0.25, -0.2) is 0 Å². The lowest BCUT2D eigenvalue weighted by atomic mass is 9.71. The van der Waals surface area contributed by atoms with Gasteiger partial charge in [-0.05, 0) is 35.4 Å². The van der Waals surface area contributed by atoms with Crippen LogP contribution in [0.1, 0.15) is 38.8 Å². The molecule has 0 amide bonds. The zero-order valence-corrected chi connectivity index (χ0v) is 23.5. The van der Waals surface area contributed by atoms with Crippen LogP contribution in [0.15, 0.2) is 109 Å². The van der Waals surface area contributed by atoms with Crippen LogP contribution in [0.5, 0.6) is 11.5 Å². The molecule has 0 saturated heterocycles. The summed E-state index contributed by atoms with van der Waals surface area (Å²) in [6.07, 6.45) is -1.86. The van der Waals surface area contributed by atoms with Gasteiger partial charge in [0.25, 0.3) is 0 Å². The van der Waals surface area contributed by atoms with Crippen LogP contribution in [-0.4, -0.2) is 18.0 Å². The van der Waals surface area contributed by atoms with Crippen LogP contribution in [0.25, 0.3) is 0 Å². The van der Waals surface area contributed by atoms with Crippen molar-refractivity contribution in [1.82, 2.24) is 0 Å². The van der Waals surface area contributed by atoms with Crippen molar-refractivity contribution in [2.75, 3.05) is 0 Å². The fourth-order valence-electron chi connectivity index (χ4n) is 4.63. The number of para-hydroxylation sites is 2. The van der Waals surface area contributed by atoms with E-state index >= 15 is 0 Å². The van der Waals surface area contributed by atoms with Crippen LogP contribution in [0.2, 0.25) is 10.0 Å². The highest BCUT2D eigenvalue weighted by Gasteiger charge is 2.48. The summed E-state index contributed by atoms with van der Waals surface area (Å²) in [6, 6.07) is 34.1. The predicted octanol–water partition coefficient (Wildman–Crippen LogP) is 8.71. The Morgan fingerprint density at radius 1 is 0.553 bits per heavy atom. The number of benzene rings is 4. The molecule has 4 aromatic rings. The number of rotatable bonds is 10. The van der Waals surface area contributed by atoms with E-state index in [0.29, 0.717) is 21.5 Å². The van der Waals surface area contributed by atoms with Crippen molar-refractivity contribution in [3.05, 3.63) is 130 Å². The minimum absolute atomic E-state index is 0.215. The summed E-state index contributed by atoms with van der Waals surface area (Å²) >= 11 is 13.0. The van der Waals surface area contributed by atoms with Gasteiger partial charge in [0.15, 0.2) is 12.2 Å². The Morgan fingerprint density at radius 2 is 0.868 bits per heavy atom. The topological polar surface area (TPSA) is 35.5 Å². The molecule has 4 aromatic carbocycles. The Hall–Kier alpha value is -3.27. The van der Waals surface area contributed by atoms with Gasteiger partial charge in [-0.15, -0.1) is 0 Å². The molecule has 0 aliphatic rings. The zero-order valence-electron chi connectivity index (χ0n) is 22.0. The van der Waals surface area contributed by atoms with Crippen molar-refractivity contribution in [2.45, 2.75) is 50.7 Å². The second-order valence-corrected chi connectivity index (χ2v) is 11.2. The Bertz CT molecular complexity index is 1260. The first kappa shape index (κ1) is 27.8. The molecule has 38 heavy (non-hydrogen) atoms. The van der Waals surface area contributed by atoms with Crippen LogP contribution in [0, 0.1) is 0 Å². The number of carbonyl (C=O) groups is 1. The number of carbonyl (C=O) groups excluding carboxylic acids is 1. The third-order valence-electron chi connectivity index (χ3n) is 7.03. The number of hydrogen-bond acceptors (Lipinski definition) is 3. The number of ether oxygens (including phenoxy) is 2. The molecule has 0 aliphatic carbocycles. The summed E-state index contributed by atoms with van der Waals surface area (Å²) in [7, 11) is 0. The van der Waals surface area contributed by atoms with Gasteiger partial charge in [0.1, 0.15) is 11.5 Å². The molecular formula is C33H32Cl2O3. The fraction of sp³-hybridized carbons (Fsp3) is 0.242. The molecule has 0 N–H and O–H groups in total. The first-order chi connectivity index (χ1) is 18.1. The van der Waals surface area contributed by atoms with Crippen molar-refractivity contribution in [1.29, 1.82) is 0 Å². The van der Waals surface area contributed by atoms with E-state index in [9.17, 15) is 4.79 Å². The van der Waals surface area contributed by atoms with E-state index in [1.54, 1.807) is 24.3 Å². The maximum atomic E-state index is 14.8. The quantitative estimate of drug-likeness (QED) is 0.199. The first-order valence-corrected chi connectivity index (χ1v) is 13.3. The number of Topliss-reactive ketones (excluding diaryl/α,β-unsaturated/α-hetero) is 1. The largest absolute Gasteiger partial charge is 0.480 e. The Balaban J connectivity index is 1.85. The van der Waals surface area contributed by atoms with Gasteiger partial charge >= 0.3 is 0 Å². The maximum absolute atomic E-state index is 14.8. The molecular weight excluding hydrogens is 515 g/mol. The average Bonchev–Trinajstić information content (AvgIpc) is 2.92. The molecule has 0 aromatic heterocycles. The normalized spacial score (nSPS) is 13.4. The zero-order chi connectivity index (χ0) is 27.3. The third-order valence-corrected chi connectivity index (χ3v) is 7.65. The van der Waals surface area contributed by atoms with Crippen LogP contribution < -0.4 is 9.47 Å². The SMILES string of the molecule is CC(C)(c1ccccc1)C(Oc1ccccc1Cl)C(=O)C(Oc1ccccc1Cl)C(C)(C)c1ccccc1. The van der Waals surface area contributed by atoms with Crippen molar-refractivity contribution < 1.29 is 14.3 Å². The van der Waals surface area contributed by atoms with Gasteiger partial charge in [-0.1, -0.05) is 136 Å². The molecule has 4 rings (SSSR count). The summed E-state index contributed by atoms with van der Waals surface area (Å²) in [6.45, 7) is 8.02. The number of hydrogen-bond donors (Lipinski definition) is 0. The molecule has 196 valence electrons. The minimum atomic E-state index is -0.930. The van der Waals surface area contributed by atoms with Crippen molar-refractivity contribution >= 4 is 29.0 Å². The lowest BCUT2D eigenvalue weighted by Gasteiger charge is -2.40. The van der Waals surface area contributed by atoms with E-state index in [0.717, 1.165) is 11.1 Å². The molecule has 0 aliphatic heterocycles. The van der Waals surface area contributed by atoms with Crippen molar-refractivity contribution in [3.63, 3.8) is 0 Å². The molecule has 0 heterocycles. The summed E-state index contributed by atoms with van der Waals surface area (Å²) < 4.78 is 13.0. The summed E-state index contributed by atoms with van der Waals surface area (Å²) in [5.74, 6) is 0.656. The maximum Gasteiger partial charge on any atom is 0.215 e. The number of ketones is 1. The fourth-order valence-corrected chi connectivity index (χ4v) is 4.99. The van der Waals surface area contributed by atoms with Crippen molar-refractivity contribution in [3.8, 4) is 11.5 Å². The summed E-state index contributed by atoms with van der Waals surface area (Å²) in [5.41, 5.74) is 0.456. The van der Waals surface area contributed by atoms with E-state index in [1.807, 2.05) is 113 Å². The Kier molecular flexibility index (Phi) is 8.50. The lowest BCUT2D eigenvalue weighted by molar-refractivity contribution is -0.138. The molecule has 0 radical (unpaired) electrons. The van der Waals surface area contributed by atoms with Gasteiger partial charge in [0, 0.05) is 10.8 Å². The monoisotopic (exact) mass is 546 g/mol. The van der Waals surface area contributed by atoms with Crippen molar-refractivity contribution in [2.24, 2.45) is 0 Å². The average molecular weight is 548 g/mol. The molecule has 0 fully saturated rings. The summed E-state index contributed by atoms with van der Waals surface area (Å²) in [5, 5.41) is 0.861. The predicted molar refractivity (Wildman–Crippen MR) is 156 cm³/mol. The standard InChI is InChI=1S/C33H32Cl2O3/c1-32(2,23-15-7-5-8-16-23)30(37-27-21-13-11-19-25(27)34)29(36)31(38-28-22-14-12-20-26(28)35)33(3,4)24-17-9-6-10-18-24/h5-22,30-31H,1-4H3. The van der Waals surface area contributed by atoms with E-state index in [4.69, 9.17) is 32.7 Å². The van der Waals surface area contributed by atoms with E-state index < -0.39 is 23.0 Å². The second-order valence-electron chi connectivity index (χ2n) is 10.4.